The summed E-state index contributed by atoms with van der Waals surface area (Å²) < 4.78 is 24.9. The van der Waals surface area contributed by atoms with Crippen LogP contribution in [-0.4, -0.2) is 45.3 Å². The molecule has 2 bridgehead atoms. The third-order valence-corrected chi connectivity index (χ3v) is 5.60. The summed E-state index contributed by atoms with van der Waals surface area (Å²) in [5.41, 5.74) is 0. The van der Waals surface area contributed by atoms with Gasteiger partial charge < -0.3 is 10.6 Å². The number of nitrogens with one attached hydrogen (secondary N) is 3. The van der Waals surface area contributed by atoms with E-state index >= 15 is 0 Å². The van der Waals surface area contributed by atoms with Crippen LogP contribution in [0.1, 0.15) is 39.0 Å². The summed E-state index contributed by atoms with van der Waals surface area (Å²) in [6, 6.07) is 1.20. The number of hydrogen-bond donors (Lipinski definition) is 3. The largest absolute Gasteiger partial charge is 0.355 e. The zero-order valence-corrected chi connectivity index (χ0v) is 14.1. The molecule has 2 aliphatic heterocycles. The number of piperidine rings is 1. The quantitative estimate of drug-likeness (QED) is 0.585. The average Bonchev–Trinajstić information content (AvgIpc) is 2.74. The summed E-state index contributed by atoms with van der Waals surface area (Å²) in [5, 5.41) is 6.35. The van der Waals surface area contributed by atoms with Crippen LogP contribution in [0.15, 0.2) is 0 Å². The molecule has 0 aromatic rings. The van der Waals surface area contributed by atoms with Gasteiger partial charge in [-0.25, -0.2) is 13.1 Å². The van der Waals surface area contributed by atoms with Gasteiger partial charge in [-0.1, -0.05) is 0 Å². The number of carbonyl (C=O) groups excluding carboxylic acids is 1. The summed E-state index contributed by atoms with van der Waals surface area (Å²) in [6.07, 6.45) is 5.22. The second-order valence-electron chi connectivity index (χ2n) is 5.83. The smallest absolute Gasteiger partial charge is 0.220 e. The lowest BCUT2D eigenvalue weighted by Crippen LogP contribution is -2.40. The van der Waals surface area contributed by atoms with E-state index in [1.165, 1.54) is 12.8 Å². The molecule has 6 nitrogen and oxygen atoms in total. The molecule has 0 radical (unpaired) electrons. The molecular formula is C13H26ClN3O3S. The molecular weight excluding hydrogens is 314 g/mol. The van der Waals surface area contributed by atoms with Gasteiger partial charge in [0.25, 0.3) is 0 Å². The number of halogens is 1. The van der Waals surface area contributed by atoms with Crippen molar-refractivity contribution in [3.8, 4) is 0 Å². The molecule has 0 aromatic heterocycles. The second-order valence-corrected chi connectivity index (χ2v) is 7.92. The van der Waals surface area contributed by atoms with Crippen LogP contribution < -0.4 is 15.4 Å². The Morgan fingerprint density at radius 2 is 1.81 bits per heavy atom. The SMILES string of the molecule is CCS(=O)(=O)NCCNC(=O)CC1CC2CCC(C1)N2.Cl. The minimum absolute atomic E-state index is 0. The van der Waals surface area contributed by atoms with E-state index in [0.29, 0.717) is 31.0 Å². The van der Waals surface area contributed by atoms with Crippen molar-refractivity contribution in [1.82, 2.24) is 15.4 Å². The highest BCUT2D eigenvalue weighted by molar-refractivity contribution is 7.89. The van der Waals surface area contributed by atoms with Gasteiger partial charge in [0.1, 0.15) is 0 Å². The first kappa shape index (κ1) is 18.7. The predicted molar refractivity (Wildman–Crippen MR) is 85.0 cm³/mol. The van der Waals surface area contributed by atoms with Gasteiger partial charge in [-0.15, -0.1) is 12.4 Å². The summed E-state index contributed by atoms with van der Waals surface area (Å²) in [4.78, 5) is 11.8. The van der Waals surface area contributed by atoms with Crippen molar-refractivity contribution in [2.24, 2.45) is 5.92 Å². The highest BCUT2D eigenvalue weighted by atomic mass is 35.5. The van der Waals surface area contributed by atoms with E-state index in [4.69, 9.17) is 0 Å². The maximum Gasteiger partial charge on any atom is 0.220 e. The van der Waals surface area contributed by atoms with E-state index in [-0.39, 0.29) is 30.6 Å². The lowest BCUT2D eigenvalue weighted by molar-refractivity contribution is -0.122. The van der Waals surface area contributed by atoms with Crippen molar-refractivity contribution in [1.29, 1.82) is 0 Å². The van der Waals surface area contributed by atoms with Crippen LogP contribution in [0, 0.1) is 5.92 Å². The Hall–Kier alpha value is -0.370. The van der Waals surface area contributed by atoms with E-state index in [1.54, 1.807) is 6.92 Å². The zero-order valence-electron chi connectivity index (χ0n) is 12.4. The molecule has 21 heavy (non-hydrogen) atoms. The molecule has 0 aliphatic carbocycles. The summed E-state index contributed by atoms with van der Waals surface area (Å²) in [7, 11) is -3.16. The average molecular weight is 340 g/mol. The van der Waals surface area contributed by atoms with Crippen LogP contribution in [0.5, 0.6) is 0 Å². The van der Waals surface area contributed by atoms with Crippen molar-refractivity contribution < 1.29 is 13.2 Å². The van der Waals surface area contributed by atoms with Crippen LogP contribution >= 0.6 is 12.4 Å². The van der Waals surface area contributed by atoms with Gasteiger partial charge in [0.05, 0.1) is 5.75 Å². The normalized spacial score (nSPS) is 28.0. The molecule has 124 valence electrons. The highest BCUT2D eigenvalue weighted by Crippen LogP contribution is 2.32. The Morgan fingerprint density at radius 3 is 2.38 bits per heavy atom. The molecule has 2 heterocycles. The first-order valence-electron chi connectivity index (χ1n) is 7.48. The number of fused-ring (bicyclic) bond motifs is 2. The maximum absolute atomic E-state index is 11.8. The molecule has 2 aliphatic rings. The summed E-state index contributed by atoms with van der Waals surface area (Å²) in [5.74, 6) is 0.576. The van der Waals surface area contributed by atoms with Crippen molar-refractivity contribution in [3.63, 3.8) is 0 Å². The molecule has 2 unspecified atom stereocenters. The van der Waals surface area contributed by atoms with Gasteiger partial charge in [0.2, 0.25) is 15.9 Å². The van der Waals surface area contributed by atoms with Crippen molar-refractivity contribution in [3.05, 3.63) is 0 Å². The fourth-order valence-corrected chi connectivity index (χ4v) is 3.80. The molecule has 0 aromatic carbocycles. The van der Waals surface area contributed by atoms with Gasteiger partial charge in [-0.3, -0.25) is 4.79 Å². The van der Waals surface area contributed by atoms with E-state index in [2.05, 4.69) is 15.4 Å². The number of carbonyl (C=O) groups is 1. The third kappa shape index (κ3) is 6.10. The third-order valence-electron chi connectivity index (χ3n) is 4.19. The van der Waals surface area contributed by atoms with Gasteiger partial charge in [-0.05, 0) is 38.5 Å². The van der Waals surface area contributed by atoms with Gasteiger partial charge in [-0.2, -0.15) is 0 Å². The minimum atomic E-state index is -3.16. The van der Waals surface area contributed by atoms with Gasteiger partial charge >= 0.3 is 0 Å². The fraction of sp³-hybridized carbons (Fsp3) is 0.923. The Morgan fingerprint density at radius 1 is 1.19 bits per heavy atom. The molecule has 2 atom stereocenters. The van der Waals surface area contributed by atoms with Crippen molar-refractivity contribution >= 4 is 28.3 Å². The molecule has 2 rings (SSSR count). The van der Waals surface area contributed by atoms with E-state index in [0.717, 1.165) is 12.8 Å². The molecule has 0 saturated carbocycles. The van der Waals surface area contributed by atoms with Crippen LogP contribution in [0.25, 0.3) is 0 Å². The lowest BCUT2D eigenvalue weighted by atomic mass is 9.89. The van der Waals surface area contributed by atoms with Crippen LogP contribution in [0.3, 0.4) is 0 Å². The Kier molecular flexibility index (Phi) is 7.39. The minimum Gasteiger partial charge on any atom is -0.355 e. The molecule has 8 heteroatoms. The van der Waals surface area contributed by atoms with Gasteiger partial charge in [0.15, 0.2) is 0 Å². The summed E-state index contributed by atoms with van der Waals surface area (Å²) in [6.45, 7) is 2.21. The molecule has 0 spiro atoms. The second kappa shape index (κ2) is 8.31. The standard InChI is InChI=1S/C13H25N3O3S.ClH/c1-2-20(18,19)15-6-5-14-13(17)9-10-7-11-3-4-12(8-10)16-11;/h10-12,15-16H,2-9H2,1H3,(H,14,17);1H. The van der Waals surface area contributed by atoms with E-state index < -0.39 is 10.0 Å². The zero-order chi connectivity index (χ0) is 14.6. The number of rotatable bonds is 7. The first-order chi connectivity index (χ1) is 9.48. The Bertz CT molecular complexity index is 432. The van der Waals surface area contributed by atoms with Crippen LogP contribution in [0.4, 0.5) is 0 Å². The van der Waals surface area contributed by atoms with Crippen molar-refractivity contribution in [2.75, 3.05) is 18.8 Å². The number of amides is 1. The monoisotopic (exact) mass is 339 g/mol. The van der Waals surface area contributed by atoms with E-state index in [1.807, 2.05) is 0 Å². The lowest BCUT2D eigenvalue weighted by Gasteiger charge is -2.28. The molecule has 2 saturated heterocycles. The highest BCUT2D eigenvalue weighted by Gasteiger charge is 2.33. The Balaban J connectivity index is 0.00000220. The molecule has 1 amide bonds. The van der Waals surface area contributed by atoms with E-state index in [9.17, 15) is 13.2 Å². The Labute approximate surface area is 133 Å². The fourth-order valence-electron chi connectivity index (χ4n) is 3.19. The maximum atomic E-state index is 11.8. The first-order valence-corrected chi connectivity index (χ1v) is 9.14. The molecule has 3 N–H and O–H groups in total. The van der Waals surface area contributed by atoms with Crippen molar-refractivity contribution in [2.45, 2.75) is 51.1 Å². The van der Waals surface area contributed by atoms with Gasteiger partial charge in [0, 0.05) is 31.6 Å². The number of sulfonamides is 1. The molecule has 2 fully saturated rings. The van der Waals surface area contributed by atoms with Crippen LogP contribution in [-0.2, 0) is 14.8 Å². The predicted octanol–water partition coefficient (Wildman–Crippen LogP) is 0.384. The number of hydrogen-bond acceptors (Lipinski definition) is 4. The summed E-state index contributed by atoms with van der Waals surface area (Å²) >= 11 is 0. The van der Waals surface area contributed by atoms with Crippen LogP contribution in [0.2, 0.25) is 0 Å². The topological polar surface area (TPSA) is 87.3 Å².